The van der Waals surface area contributed by atoms with E-state index in [-0.39, 0.29) is 9.92 Å². The van der Waals surface area contributed by atoms with Crippen molar-refractivity contribution in [2.24, 2.45) is 5.73 Å². The highest BCUT2D eigenvalue weighted by atomic mass is 35.5. The van der Waals surface area contributed by atoms with Crippen LogP contribution in [0.2, 0.25) is 5.02 Å². The Morgan fingerprint density at radius 2 is 2.00 bits per heavy atom. The molecule has 1 fully saturated rings. The summed E-state index contributed by atoms with van der Waals surface area (Å²) < 4.78 is 27.5. The molecule has 1 aliphatic rings. The smallest absolute Gasteiger partial charge is 0.242 e. The Morgan fingerprint density at radius 1 is 1.29 bits per heavy atom. The van der Waals surface area contributed by atoms with Gasteiger partial charge in [-0.25, -0.2) is 13.1 Å². The van der Waals surface area contributed by atoms with Crippen molar-refractivity contribution >= 4 is 21.6 Å². The topological polar surface area (TPSA) is 92.4 Å². The fourth-order valence-electron chi connectivity index (χ4n) is 2.58. The molecule has 1 aliphatic carbocycles. The van der Waals surface area contributed by atoms with Gasteiger partial charge in [-0.2, -0.15) is 0 Å². The van der Waals surface area contributed by atoms with Crippen molar-refractivity contribution < 1.29 is 13.5 Å². The molecule has 4 N–H and O–H groups in total. The third kappa shape index (κ3) is 4.17. The van der Waals surface area contributed by atoms with Gasteiger partial charge in [0, 0.05) is 12.6 Å². The molecule has 21 heavy (non-hydrogen) atoms. The second-order valence-electron chi connectivity index (χ2n) is 5.40. The van der Waals surface area contributed by atoms with E-state index in [4.69, 9.17) is 17.3 Å². The van der Waals surface area contributed by atoms with Crippen LogP contribution in [0.1, 0.15) is 37.7 Å². The minimum Gasteiger partial charge on any atom is -0.391 e. The van der Waals surface area contributed by atoms with Crippen LogP contribution in [0.4, 0.5) is 0 Å². The van der Waals surface area contributed by atoms with Crippen LogP contribution in [0, 0.1) is 0 Å². The van der Waals surface area contributed by atoms with E-state index in [1.165, 1.54) is 6.07 Å². The van der Waals surface area contributed by atoms with E-state index in [1.54, 1.807) is 12.1 Å². The summed E-state index contributed by atoms with van der Waals surface area (Å²) in [6, 6.07) is 4.20. The van der Waals surface area contributed by atoms with Crippen molar-refractivity contribution in [3.63, 3.8) is 0 Å². The molecule has 0 heterocycles. The zero-order valence-electron chi connectivity index (χ0n) is 11.8. The first-order chi connectivity index (χ1) is 9.94. The molecule has 0 aliphatic heterocycles. The molecule has 0 radical (unpaired) electrons. The molecule has 0 saturated heterocycles. The summed E-state index contributed by atoms with van der Waals surface area (Å²) >= 11 is 6.04. The molecule has 2 unspecified atom stereocenters. The van der Waals surface area contributed by atoms with Gasteiger partial charge in [0.1, 0.15) is 4.90 Å². The van der Waals surface area contributed by atoms with Gasteiger partial charge in [-0.15, -0.1) is 0 Å². The molecule has 2 atom stereocenters. The predicted octanol–water partition coefficient (Wildman–Crippen LogP) is 1.77. The molecule has 1 aromatic carbocycles. The van der Waals surface area contributed by atoms with Crippen molar-refractivity contribution in [1.82, 2.24) is 4.72 Å². The fourth-order valence-corrected chi connectivity index (χ4v) is 4.45. The zero-order valence-corrected chi connectivity index (χ0v) is 13.3. The van der Waals surface area contributed by atoms with Gasteiger partial charge in [0.2, 0.25) is 10.0 Å². The normalized spacial score (nSPS) is 23.8. The van der Waals surface area contributed by atoms with Gasteiger partial charge in [0.05, 0.1) is 11.1 Å². The van der Waals surface area contributed by atoms with Gasteiger partial charge >= 0.3 is 0 Å². The second kappa shape index (κ2) is 7.07. The number of aliphatic hydroxyl groups excluding tert-OH is 1. The minimum absolute atomic E-state index is 0.0258. The van der Waals surface area contributed by atoms with Crippen molar-refractivity contribution in [2.45, 2.75) is 55.7 Å². The Hall–Kier alpha value is -0.660. The Bertz CT molecular complexity index is 592. The molecular formula is C14H21ClN2O3S. The average Bonchev–Trinajstić information content (AvgIpc) is 2.63. The number of aliphatic hydroxyl groups is 1. The predicted molar refractivity (Wildman–Crippen MR) is 82.5 cm³/mol. The van der Waals surface area contributed by atoms with Gasteiger partial charge in [-0.1, -0.05) is 36.9 Å². The van der Waals surface area contributed by atoms with Crippen LogP contribution in [-0.4, -0.2) is 25.7 Å². The van der Waals surface area contributed by atoms with Crippen LogP contribution >= 0.6 is 11.6 Å². The number of hydrogen-bond donors (Lipinski definition) is 3. The van der Waals surface area contributed by atoms with E-state index in [1.807, 2.05) is 0 Å². The van der Waals surface area contributed by atoms with Gasteiger partial charge < -0.3 is 10.8 Å². The lowest BCUT2D eigenvalue weighted by Gasteiger charge is -2.22. The summed E-state index contributed by atoms with van der Waals surface area (Å²) in [5.74, 6) is 0. The van der Waals surface area contributed by atoms with Crippen molar-refractivity contribution in [3.8, 4) is 0 Å². The van der Waals surface area contributed by atoms with E-state index in [2.05, 4.69) is 4.72 Å². The Morgan fingerprint density at radius 3 is 2.67 bits per heavy atom. The van der Waals surface area contributed by atoms with Crippen molar-refractivity contribution in [3.05, 3.63) is 28.8 Å². The standard InChI is InChI=1S/C14H21ClN2O3S/c15-11-8-10(9-16)6-7-14(11)21(19,20)17-12-4-2-1-3-5-13(12)18/h6-8,12-13,17-18H,1-5,9,16H2. The monoisotopic (exact) mass is 332 g/mol. The molecule has 7 heteroatoms. The van der Waals surface area contributed by atoms with Crippen molar-refractivity contribution in [1.29, 1.82) is 0 Å². The van der Waals surface area contributed by atoms with E-state index in [0.717, 1.165) is 24.8 Å². The molecule has 2 rings (SSSR count). The Balaban J connectivity index is 2.21. The summed E-state index contributed by atoms with van der Waals surface area (Å²) in [7, 11) is -3.75. The summed E-state index contributed by atoms with van der Waals surface area (Å²) in [6.07, 6.45) is 3.45. The quantitative estimate of drug-likeness (QED) is 0.733. The lowest BCUT2D eigenvalue weighted by atomic mass is 10.1. The van der Waals surface area contributed by atoms with Crippen molar-refractivity contribution in [2.75, 3.05) is 0 Å². The van der Waals surface area contributed by atoms with Crippen LogP contribution in [0.25, 0.3) is 0 Å². The van der Waals surface area contributed by atoms with Gasteiger partial charge in [0.25, 0.3) is 0 Å². The first-order valence-electron chi connectivity index (χ1n) is 7.13. The molecule has 0 bridgehead atoms. The summed E-state index contributed by atoms with van der Waals surface area (Å²) in [6.45, 7) is 0.300. The minimum atomic E-state index is -3.75. The summed E-state index contributed by atoms with van der Waals surface area (Å²) in [4.78, 5) is 0.0258. The molecule has 0 spiro atoms. The molecular weight excluding hydrogens is 312 g/mol. The average molecular weight is 333 g/mol. The fraction of sp³-hybridized carbons (Fsp3) is 0.571. The highest BCUT2D eigenvalue weighted by Gasteiger charge is 2.28. The first kappa shape index (κ1) is 16.7. The maximum Gasteiger partial charge on any atom is 0.242 e. The van der Waals surface area contributed by atoms with E-state index >= 15 is 0 Å². The molecule has 0 aromatic heterocycles. The molecule has 0 amide bonds. The Labute approximate surface area is 130 Å². The van der Waals surface area contributed by atoms with Crippen LogP contribution < -0.4 is 10.5 Å². The van der Waals surface area contributed by atoms with Gasteiger partial charge in [0.15, 0.2) is 0 Å². The Kier molecular flexibility index (Phi) is 5.62. The van der Waals surface area contributed by atoms with E-state index < -0.39 is 22.2 Å². The number of hydrogen-bond acceptors (Lipinski definition) is 4. The number of benzene rings is 1. The molecule has 118 valence electrons. The number of nitrogens with one attached hydrogen (secondary N) is 1. The second-order valence-corrected chi connectivity index (χ2v) is 7.49. The SMILES string of the molecule is NCc1ccc(S(=O)(=O)NC2CCCCCC2O)c(Cl)c1. The maximum absolute atomic E-state index is 12.4. The number of nitrogens with two attached hydrogens (primary N) is 1. The molecule has 1 aromatic rings. The lowest BCUT2D eigenvalue weighted by molar-refractivity contribution is 0.130. The molecule has 1 saturated carbocycles. The van der Waals surface area contributed by atoms with Crippen LogP contribution in [0.3, 0.4) is 0 Å². The zero-order chi connectivity index (χ0) is 15.5. The molecule has 5 nitrogen and oxygen atoms in total. The van der Waals surface area contributed by atoms with Gasteiger partial charge in [-0.05, 0) is 30.5 Å². The van der Waals surface area contributed by atoms with E-state index in [9.17, 15) is 13.5 Å². The number of halogens is 1. The lowest BCUT2D eigenvalue weighted by Crippen LogP contribution is -2.42. The van der Waals surface area contributed by atoms with Gasteiger partial charge in [-0.3, -0.25) is 0 Å². The highest BCUT2D eigenvalue weighted by molar-refractivity contribution is 7.89. The van der Waals surface area contributed by atoms with Crippen LogP contribution in [0.15, 0.2) is 23.1 Å². The van der Waals surface area contributed by atoms with E-state index in [0.29, 0.717) is 19.4 Å². The van der Waals surface area contributed by atoms with Crippen LogP contribution in [0.5, 0.6) is 0 Å². The third-order valence-corrected chi connectivity index (χ3v) is 5.78. The third-order valence-electron chi connectivity index (χ3n) is 3.81. The number of rotatable bonds is 4. The first-order valence-corrected chi connectivity index (χ1v) is 8.99. The highest BCUT2D eigenvalue weighted by Crippen LogP contribution is 2.25. The largest absolute Gasteiger partial charge is 0.391 e. The van der Waals surface area contributed by atoms with Crippen LogP contribution in [-0.2, 0) is 16.6 Å². The number of sulfonamides is 1. The maximum atomic E-state index is 12.4. The summed E-state index contributed by atoms with van der Waals surface area (Å²) in [5.41, 5.74) is 6.28. The summed E-state index contributed by atoms with van der Waals surface area (Å²) in [5, 5.41) is 10.2.